The Morgan fingerprint density at radius 1 is 1.33 bits per heavy atom. The lowest BCUT2D eigenvalue weighted by Crippen LogP contribution is -2.34. The van der Waals surface area contributed by atoms with Crippen molar-refractivity contribution < 1.29 is 4.79 Å². The molecule has 3 aromatic rings. The van der Waals surface area contributed by atoms with E-state index < -0.39 is 0 Å². The molecule has 0 aliphatic rings. The number of nitrogens with zero attached hydrogens (tertiary/aromatic N) is 4. The van der Waals surface area contributed by atoms with Gasteiger partial charge in [-0.15, -0.1) is 11.3 Å². The molecular weight excluding hydrogens is 322 g/mol. The second-order valence-electron chi connectivity index (χ2n) is 5.38. The molecule has 0 aliphatic heterocycles. The SMILES string of the molecule is CCN(CC)CCNC(=O)c1cnn2c(-c3cccs3)ccnc12. The van der Waals surface area contributed by atoms with Crippen molar-refractivity contribution in [2.75, 3.05) is 26.2 Å². The fraction of sp³-hybridized carbons (Fsp3) is 0.353. The first-order valence-corrected chi connectivity index (χ1v) is 8.99. The van der Waals surface area contributed by atoms with Gasteiger partial charge in [-0.05, 0) is 30.6 Å². The lowest BCUT2D eigenvalue weighted by Gasteiger charge is -2.17. The number of carbonyl (C=O) groups excluding carboxylic acids is 1. The molecule has 0 bridgehead atoms. The summed E-state index contributed by atoms with van der Waals surface area (Å²) >= 11 is 1.64. The molecule has 0 aromatic carbocycles. The molecule has 0 unspecified atom stereocenters. The highest BCUT2D eigenvalue weighted by molar-refractivity contribution is 7.13. The second-order valence-corrected chi connectivity index (χ2v) is 6.33. The van der Waals surface area contributed by atoms with Crippen LogP contribution >= 0.6 is 11.3 Å². The number of thiophene rings is 1. The topological polar surface area (TPSA) is 62.5 Å². The molecule has 0 saturated heterocycles. The second kappa shape index (κ2) is 7.55. The highest BCUT2D eigenvalue weighted by atomic mass is 32.1. The first-order valence-electron chi connectivity index (χ1n) is 8.11. The summed E-state index contributed by atoms with van der Waals surface area (Å²) < 4.78 is 1.73. The molecule has 24 heavy (non-hydrogen) atoms. The number of carbonyl (C=O) groups is 1. The van der Waals surface area contributed by atoms with Crippen molar-refractivity contribution in [3.05, 3.63) is 41.5 Å². The van der Waals surface area contributed by atoms with Crippen molar-refractivity contribution in [3.63, 3.8) is 0 Å². The number of hydrogen-bond donors (Lipinski definition) is 1. The van der Waals surface area contributed by atoms with E-state index in [-0.39, 0.29) is 5.91 Å². The number of nitrogens with one attached hydrogen (secondary N) is 1. The number of rotatable bonds is 7. The minimum atomic E-state index is -0.131. The van der Waals surface area contributed by atoms with E-state index in [0.717, 1.165) is 30.2 Å². The summed E-state index contributed by atoms with van der Waals surface area (Å²) in [4.78, 5) is 20.2. The van der Waals surface area contributed by atoms with E-state index in [2.05, 4.69) is 34.1 Å². The lowest BCUT2D eigenvalue weighted by molar-refractivity contribution is 0.0950. The maximum absolute atomic E-state index is 12.5. The van der Waals surface area contributed by atoms with Crippen molar-refractivity contribution in [2.24, 2.45) is 0 Å². The standard InChI is InChI=1S/C17H21N5OS/c1-3-21(4-2)10-9-19-17(23)13-12-20-22-14(7-8-18-16(13)22)15-6-5-11-24-15/h5-8,11-12H,3-4,9-10H2,1-2H3,(H,19,23). The van der Waals surface area contributed by atoms with Crippen LogP contribution in [0, 0.1) is 0 Å². The van der Waals surface area contributed by atoms with Crippen LogP contribution in [-0.4, -0.2) is 51.6 Å². The summed E-state index contributed by atoms with van der Waals surface area (Å²) in [6.45, 7) is 7.65. The van der Waals surface area contributed by atoms with Gasteiger partial charge in [-0.2, -0.15) is 5.10 Å². The van der Waals surface area contributed by atoms with Gasteiger partial charge in [0.2, 0.25) is 0 Å². The molecule has 0 saturated carbocycles. The Morgan fingerprint density at radius 2 is 2.17 bits per heavy atom. The molecular formula is C17H21N5OS. The van der Waals surface area contributed by atoms with Crippen LogP contribution in [0.15, 0.2) is 36.0 Å². The molecule has 1 amide bonds. The zero-order valence-corrected chi connectivity index (χ0v) is 14.7. The number of amides is 1. The third-order valence-corrected chi connectivity index (χ3v) is 4.92. The first-order chi connectivity index (χ1) is 11.7. The zero-order valence-electron chi connectivity index (χ0n) is 13.9. The van der Waals surface area contributed by atoms with Crippen LogP contribution in [0.3, 0.4) is 0 Å². The van der Waals surface area contributed by atoms with Crippen molar-refractivity contribution in [2.45, 2.75) is 13.8 Å². The van der Waals surface area contributed by atoms with Crippen LogP contribution in [0.25, 0.3) is 16.2 Å². The number of likely N-dealkylation sites (N-methyl/N-ethyl adjacent to an activating group) is 1. The molecule has 7 heteroatoms. The monoisotopic (exact) mass is 343 g/mol. The van der Waals surface area contributed by atoms with Gasteiger partial charge in [-0.25, -0.2) is 9.50 Å². The summed E-state index contributed by atoms with van der Waals surface area (Å²) in [5, 5.41) is 9.34. The highest BCUT2D eigenvalue weighted by Crippen LogP contribution is 2.25. The number of fused-ring (bicyclic) bond motifs is 1. The Labute approximate surface area is 145 Å². The molecule has 3 heterocycles. The molecule has 3 rings (SSSR count). The van der Waals surface area contributed by atoms with E-state index in [1.165, 1.54) is 0 Å². The van der Waals surface area contributed by atoms with Gasteiger partial charge in [0.15, 0.2) is 5.65 Å². The van der Waals surface area contributed by atoms with Crippen molar-refractivity contribution in [3.8, 4) is 10.6 Å². The Morgan fingerprint density at radius 3 is 2.88 bits per heavy atom. The van der Waals surface area contributed by atoms with Crippen molar-refractivity contribution >= 4 is 22.9 Å². The molecule has 1 N–H and O–H groups in total. The van der Waals surface area contributed by atoms with Crippen LogP contribution in [0.4, 0.5) is 0 Å². The molecule has 0 fully saturated rings. The van der Waals surface area contributed by atoms with Gasteiger partial charge >= 0.3 is 0 Å². The van der Waals surface area contributed by atoms with Gasteiger partial charge in [0.1, 0.15) is 5.56 Å². The maximum atomic E-state index is 12.5. The molecule has 6 nitrogen and oxygen atoms in total. The summed E-state index contributed by atoms with van der Waals surface area (Å²) in [7, 11) is 0. The predicted molar refractivity (Wildman–Crippen MR) is 96.4 cm³/mol. The van der Waals surface area contributed by atoms with E-state index in [9.17, 15) is 4.79 Å². The summed E-state index contributed by atoms with van der Waals surface area (Å²) in [6, 6.07) is 5.94. The molecule has 0 radical (unpaired) electrons. The van der Waals surface area contributed by atoms with E-state index in [4.69, 9.17) is 0 Å². The Kier molecular flexibility index (Phi) is 5.22. The van der Waals surface area contributed by atoms with Gasteiger partial charge in [-0.1, -0.05) is 19.9 Å². The molecule has 0 aliphatic carbocycles. The van der Waals surface area contributed by atoms with Gasteiger partial charge in [0, 0.05) is 19.3 Å². The van der Waals surface area contributed by atoms with E-state index in [1.807, 2.05) is 23.6 Å². The van der Waals surface area contributed by atoms with E-state index in [0.29, 0.717) is 17.8 Å². The average Bonchev–Trinajstić information content (AvgIpc) is 3.27. The summed E-state index contributed by atoms with van der Waals surface area (Å²) in [5.74, 6) is -0.131. The fourth-order valence-electron chi connectivity index (χ4n) is 2.63. The van der Waals surface area contributed by atoms with Gasteiger partial charge in [0.25, 0.3) is 5.91 Å². The highest BCUT2D eigenvalue weighted by Gasteiger charge is 2.16. The summed E-state index contributed by atoms with van der Waals surface area (Å²) in [6.07, 6.45) is 3.31. The first kappa shape index (κ1) is 16.6. The quantitative estimate of drug-likeness (QED) is 0.716. The van der Waals surface area contributed by atoms with Crippen LogP contribution in [0.1, 0.15) is 24.2 Å². The Hall–Kier alpha value is -2.25. The van der Waals surface area contributed by atoms with Crippen LogP contribution < -0.4 is 5.32 Å². The molecule has 0 atom stereocenters. The van der Waals surface area contributed by atoms with Crippen LogP contribution in [-0.2, 0) is 0 Å². The minimum absolute atomic E-state index is 0.131. The van der Waals surface area contributed by atoms with Crippen molar-refractivity contribution in [1.29, 1.82) is 0 Å². The smallest absolute Gasteiger partial charge is 0.256 e. The van der Waals surface area contributed by atoms with Crippen LogP contribution in [0.5, 0.6) is 0 Å². The van der Waals surface area contributed by atoms with Gasteiger partial charge in [0.05, 0.1) is 16.8 Å². The third-order valence-electron chi connectivity index (χ3n) is 4.03. The molecule has 126 valence electrons. The van der Waals surface area contributed by atoms with Crippen molar-refractivity contribution in [1.82, 2.24) is 24.8 Å². The Balaban J connectivity index is 1.78. The molecule has 0 spiro atoms. The zero-order chi connectivity index (χ0) is 16.9. The predicted octanol–water partition coefficient (Wildman–Crippen LogP) is 2.53. The van der Waals surface area contributed by atoms with Gasteiger partial charge < -0.3 is 10.2 Å². The fourth-order valence-corrected chi connectivity index (χ4v) is 3.36. The molecule has 3 aromatic heterocycles. The minimum Gasteiger partial charge on any atom is -0.351 e. The summed E-state index contributed by atoms with van der Waals surface area (Å²) in [5.41, 5.74) is 2.03. The largest absolute Gasteiger partial charge is 0.351 e. The maximum Gasteiger partial charge on any atom is 0.256 e. The van der Waals surface area contributed by atoms with E-state index >= 15 is 0 Å². The normalized spacial score (nSPS) is 11.3. The lowest BCUT2D eigenvalue weighted by atomic mass is 10.3. The number of aromatic nitrogens is 3. The third kappa shape index (κ3) is 3.32. The number of hydrogen-bond acceptors (Lipinski definition) is 5. The van der Waals surface area contributed by atoms with Crippen LogP contribution in [0.2, 0.25) is 0 Å². The average molecular weight is 343 g/mol. The Bertz CT molecular complexity index is 808. The van der Waals surface area contributed by atoms with E-state index in [1.54, 1.807) is 28.2 Å². The van der Waals surface area contributed by atoms with Gasteiger partial charge in [-0.3, -0.25) is 4.79 Å².